The Morgan fingerprint density at radius 1 is 0.420 bits per heavy atom. The van der Waals surface area contributed by atoms with Crippen LogP contribution < -0.4 is 9.47 Å². The average Bonchev–Trinajstić information content (AvgIpc) is 3.34. The third kappa shape index (κ3) is 11.8. The quantitative estimate of drug-likeness (QED) is 0.118. The molecular formula is C55H62N8O6. The van der Waals surface area contributed by atoms with Gasteiger partial charge in [-0.1, -0.05) is 55.4 Å². The van der Waals surface area contributed by atoms with Crippen LogP contribution in [0.5, 0.6) is 11.6 Å². The van der Waals surface area contributed by atoms with Crippen molar-refractivity contribution in [2.24, 2.45) is 23.7 Å². The maximum atomic E-state index is 12.4. The van der Waals surface area contributed by atoms with Crippen LogP contribution in [0.2, 0.25) is 0 Å². The highest BCUT2D eigenvalue weighted by atomic mass is 16.5. The zero-order valence-electron chi connectivity index (χ0n) is 42.3. The van der Waals surface area contributed by atoms with E-state index >= 15 is 0 Å². The number of aromatic nitrogens is 8. The number of ether oxygens (including phenoxy) is 2. The second-order valence-electron chi connectivity index (χ2n) is 17.8. The number of rotatable bonds is 10. The van der Waals surface area contributed by atoms with Gasteiger partial charge in [0, 0.05) is 65.9 Å². The summed E-state index contributed by atoms with van der Waals surface area (Å²) >= 11 is 0. The lowest BCUT2D eigenvalue weighted by molar-refractivity contribution is 0.0931. The monoisotopic (exact) mass is 930 g/mol. The lowest BCUT2D eigenvalue weighted by Crippen LogP contribution is -2.12. The first-order chi connectivity index (χ1) is 32.7. The van der Waals surface area contributed by atoms with Crippen molar-refractivity contribution >= 4 is 67.3 Å². The highest BCUT2D eigenvalue weighted by Crippen LogP contribution is 2.29. The van der Waals surface area contributed by atoms with E-state index in [4.69, 9.17) is 9.47 Å². The minimum absolute atomic E-state index is 0.0213. The van der Waals surface area contributed by atoms with Crippen molar-refractivity contribution in [2.45, 2.75) is 90.0 Å². The summed E-state index contributed by atoms with van der Waals surface area (Å²) in [5.74, 6) is 1.13. The number of fused-ring (bicyclic) bond motifs is 4. The molecule has 8 heterocycles. The molecule has 0 atom stereocenters. The molecule has 0 aliphatic heterocycles. The molecule has 0 saturated heterocycles. The molecule has 0 fully saturated rings. The molecule has 8 rings (SSSR count). The summed E-state index contributed by atoms with van der Waals surface area (Å²) < 4.78 is 10.3. The Bertz CT molecular complexity index is 3200. The van der Waals surface area contributed by atoms with Gasteiger partial charge in [0.25, 0.3) is 0 Å². The van der Waals surface area contributed by atoms with Crippen LogP contribution in [0.15, 0.2) is 79.5 Å². The van der Waals surface area contributed by atoms with Gasteiger partial charge in [0.1, 0.15) is 16.8 Å². The number of ketones is 4. The summed E-state index contributed by atoms with van der Waals surface area (Å²) in [5, 5.41) is 0. The van der Waals surface area contributed by atoms with E-state index in [2.05, 4.69) is 39.9 Å². The second-order valence-corrected chi connectivity index (χ2v) is 17.8. The van der Waals surface area contributed by atoms with Gasteiger partial charge in [-0.15, -0.1) is 0 Å². The van der Waals surface area contributed by atoms with Gasteiger partial charge < -0.3 is 9.47 Å². The van der Waals surface area contributed by atoms with Crippen molar-refractivity contribution in [2.75, 3.05) is 14.2 Å². The number of aryl methyl sites for hydroxylation is 3. The summed E-state index contributed by atoms with van der Waals surface area (Å²) in [6.45, 7) is 24.7. The predicted octanol–water partition coefficient (Wildman–Crippen LogP) is 11.4. The average molecular weight is 931 g/mol. The number of pyridine rings is 8. The lowest BCUT2D eigenvalue weighted by Gasteiger charge is -2.13. The molecule has 0 N–H and O–H groups in total. The van der Waals surface area contributed by atoms with E-state index in [1.165, 1.54) is 7.11 Å². The molecule has 0 radical (unpaired) electrons. The molecule has 14 heteroatoms. The first-order valence-electron chi connectivity index (χ1n) is 22.9. The molecule has 8 aromatic rings. The van der Waals surface area contributed by atoms with Crippen LogP contribution >= 0.6 is 0 Å². The summed E-state index contributed by atoms with van der Waals surface area (Å²) in [6.07, 6.45) is 8.36. The highest BCUT2D eigenvalue weighted by Gasteiger charge is 2.23. The summed E-state index contributed by atoms with van der Waals surface area (Å²) in [6, 6.07) is 14.7. The van der Waals surface area contributed by atoms with Gasteiger partial charge in [0.2, 0.25) is 5.88 Å². The number of carbonyl (C=O) groups is 4. The van der Waals surface area contributed by atoms with E-state index < -0.39 is 0 Å². The van der Waals surface area contributed by atoms with Gasteiger partial charge in [0.05, 0.1) is 75.8 Å². The van der Waals surface area contributed by atoms with Crippen LogP contribution in [-0.4, -0.2) is 77.2 Å². The molecular weight excluding hydrogens is 869 g/mol. The van der Waals surface area contributed by atoms with Crippen molar-refractivity contribution in [3.63, 3.8) is 0 Å². The molecule has 69 heavy (non-hydrogen) atoms. The maximum Gasteiger partial charge on any atom is 0.213 e. The van der Waals surface area contributed by atoms with E-state index in [1.54, 1.807) is 50.2 Å². The Kier molecular flexibility index (Phi) is 17.5. The van der Waals surface area contributed by atoms with Gasteiger partial charge >= 0.3 is 0 Å². The number of hydrogen-bond acceptors (Lipinski definition) is 14. The molecule has 8 aromatic heterocycles. The van der Waals surface area contributed by atoms with Crippen LogP contribution in [0.4, 0.5) is 0 Å². The van der Waals surface area contributed by atoms with E-state index in [0.717, 1.165) is 50.2 Å². The summed E-state index contributed by atoms with van der Waals surface area (Å²) in [5.41, 5.74) is 12.8. The normalized spacial score (nSPS) is 11.0. The SMILES string of the molecule is COc1ccc2nc(C)c(C)c(C(=O)C(C)C)c2n1.COc1cnc2cccnc2c1C(=O)C(C)C.Cc1cnc2cccnc2c1C(=O)C(C)C.Cc1nc2cccnc2c(C(=O)C(C)C)c1C. The van der Waals surface area contributed by atoms with Gasteiger partial charge in [-0.2, -0.15) is 0 Å². The zero-order chi connectivity index (χ0) is 50.9. The number of hydrogen-bond donors (Lipinski definition) is 0. The van der Waals surface area contributed by atoms with Gasteiger partial charge in [0.15, 0.2) is 23.1 Å². The molecule has 0 aromatic carbocycles. The number of methoxy groups -OCH3 is 2. The number of carbonyl (C=O) groups excluding carboxylic acids is 4. The number of Topliss-reactive ketones (excluding diaryl/α,β-unsaturated/α-hetero) is 4. The third-order valence-corrected chi connectivity index (χ3v) is 11.4. The van der Waals surface area contributed by atoms with Crippen molar-refractivity contribution in [3.8, 4) is 11.6 Å². The minimum Gasteiger partial charge on any atom is -0.494 e. The standard InChI is InChI=1S/C15H18N2O2.C14H16N2O.C13H14N2O2.C13H14N2O/c1-8(2)15(18)13-9(3)10(4)16-11-6-7-12(19-5)17-14(11)13;1-8(2)14(17)12-9(3)10(4)16-11-6-5-7-15-13(11)12;1-8(2)13(16)11-10(17-3)7-15-9-5-4-6-14-12(9)11;1-8(2)13(16)11-9(3)7-15-10-5-4-6-14-12(10)11/h6-8H,1-5H3;5-8H,1-4H3;4-8H,1-3H3;4-8H,1-3H3. The fourth-order valence-corrected chi connectivity index (χ4v) is 7.32. The molecule has 14 nitrogen and oxygen atoms in total. The molecule has 0 aliphatic carbocycles. The molecule has 0 unspecified atom stereocenters. The zero-order valence-corrected chi connectivity index (χ0v) is 42.3. The Labute approximate surface area is 403 Å². The highest BCUT2D eigenvalue weighted by molar-refractivity contribution is 6.10. The minimum atomic E-state index is -0.100. The first-order valence-corrected chi connectivity index (χ1v) is 22.9. The van der Waals surface area contributed by atoms with Crippen LogP contribution in [-0.2, 0) is 0 Å². The van der Waals surface area contributed by atoms with Crippen molar-refractivity contribution in [1.29, 1.82) is 0 Å². The van der Waals surface area contributed by atoms with Crippen LogP contribution in [0, 0.1) is 58.3 Å². The van der Waals surface area contributed by atoms with Crippen LogP contribution in [0.1, 0.15) is 125 Å². The molecule has 0 bridgehead atoms. The Morgan fingerprint density at radius 3 is 1.28 bits per heavy atom. The lowest BCUT2D eigenvalue weighted by atomic mass is 9.95. The Hall–Kier alpha value is -7.48. The fourth-order valence-electron chi connectivity index (χ4n) is 7.32. The number of nitrogens with zero attached hydrogens (tertiary/aromatic N) is 8. The molecule has 0 aliphatic rings. The van der Waals surface area contributed by atoms with Crippen molar-refractivity contribution in [3.05, 3.63) is 130 Å². The Balaban J connectivity index is 0.000000172. The predicted molar refractivity (Wildman–Crippen MR) is 272 cm³/mol. The van der Waals surface area contributed by atoms with Gasteiger partial charge in [-0.05, 0) is 93.8 Å². The van der Waals surface area contributed by atoms with Crippen molar-refractivity contribution in [1.82, 2.24) is 39.9 Å². The van der Waals surface area contributed by atoms with E-state index in [1.807, 2.05) is 126 Å². The molecule has 358 valence electrons. The summed E-state index contributed by atoms with van der Waals surface area (Å²) in [7, 11) is 3.09. The van der Waals surface area contributed by atoms with Crippen molar-refractivity contribution < 1.29 is 28.7 Å². The Morgan fingerprint density at radius 2 is 0.812 bits per heavy atom. The molecule has 0 amide bonds. The molecule has 0 spiro atoms. The largest absolute Gasteiger partial charge is 0.494 e. The van der Waals surface area contributed by atoms with E-state index in [-0.39, 0.29) is 46.8 Å². The first kappa shape index (κ1) is 52.5. The smallest absolute Gasteiger partial charge is 0.213 e. The van der Waals surface area contributed by atoms with Crippen LogP contribution in [0.3, 0.4) is 0 Å². The topological polar surface area (TPSA) is 190 Å². The maximum absolute atomic E-state index is 12.4. The van der Waals surface area contributed by atoms with E-state index in [0.29, 0.717) is 55.9 Å². The summed E-state index contributed by atoms with van der Waals surface area (Å²) in [4.78, 5) is 83.6. The van der Waals surface area contributed by atoms with Crippen LogP contribution in [0.25, 0.3) is 44.1 Å². The molecule has 0 saturated carbocycles. The third-order valence-electron chi connectivity index (χ3n) is 11.4. The van der Waals surface area contributed by atoms with E-state index in [9.17, 15) is 19.2 Å². The van der Waals surface area contributed by atoms with Gasteiger partial charge in [-0.25, -0.2) is 4.98 Å². The van der Waals surface area contributed by atoms with Gasteiger partial charge in [-0.3, -0.25) is 54.1 Å². The second kappa shape index (κ2) is 23.0. The fraction of sp³-hybridized carbons (Fsp3) is 0.345.